The Hall–Kier alpha value is -2.59. The zero-order valence-corrected chi connectivity index (χ0v) is 16.2. The number of nitrogens with zero attached hydrogens (tertiary/aromatic N) is 3. The molecule has 0 aliphatic carbocycles. The third-order valence-electron chi connectivity index (χ3n) is 4.72. The molecule has 1 amide bonds. The van der Waals surface area contributed by atoms with Crippen LogP contribution in [0.1, 0.15) is 29.9 Å². The second-order valence-electron chi connectivity index (χ2n) is 6.66. The maximum atomic E-state index is 12.8. The quantitative estimate of drug-likeness (QED) is 0.571. The third kappa shape index (κ3) is 5.44. The first-order chi connectivity index (χ1) is 13.1. The number of aromatic nitrogens is 2. The van der Waals surface area contributed by atoms with Gasteiger partial charge in [-0.05, 0) is 35.7 Å². The van der Waals surface area contributed by atoms with Gasteiger partial charge in [-0.2, -0.15) is 5.10 Å². The Bertz CT molecular complexity index is 832. The Morgan fingerprint density at radius 1 is 1.07 bits per heavy atom. The predicted octanol–water partition coefficient (Wildman–Crippen LogP) is 4.61. The Kier molecular flexibility index (Phi) is 6.66. The topological polar surface area (TPSA) is 38.1 Å². The molecule has 5 heteroatoms. The Balaban J connectivity index is 1.65. The van der Waals surface area contributed by atoms with E-state index in [4.69, 9.17) is 11.6 Å². The zero-order valence-electron chi connectivity index (χ0n) is 15.5. The monoisotopic (exact) mass is 381 g/mol. The summed E-state index contributed by atoms with van der Waals surface area (Å²) in [5.74, 6) is 0.156. The fraction of sp³-hybridized carbons (Fsp3) is 0.273. The summed E-state index contributed by atoms with van der Waals surface area (Å²) in [6.07, 6.45) is 5.02. The van der Waals surface area contributed by atoms with E-state index in [0.717, 1.165) is 24.1 Å². The largest absolute Gasteiger partial charge is 0.346 e. The number of hydrogen-bond donors (Lipinski definition) is 0. The summed E-state index contributed by atoms with van der Waals surface area (Å²) in [6, 6.07) is 19.8. The van der Waals surface area contributed by atoms with Gasteiger partial charge in [-0.15, -0.1) is 0 Å². The lowest BCUT2D eigenvalue weighted by atomic mass is 9.88. The molecule has 0 saturated heterocycles. The number of hydrogen-bond acceptors (Lipinski definition) is 2. The van der Waals surface area contributed by atoms with Gasteiger partial charge in [0.25, 0.3) is 0 Å². The van der Waals surface area contributed by atoms with Crippen LogP contribution in [0.25, 0.3) is 0 Å². The molecule has 2 aromatic carbocycles. The molecule has 0 aliphatic rings. The van der Waals surface area contributed by atoms with E-state index in [1.165, 1.54) is 0 Å². The standard InChI is InChI=1S/C22H24ClN3O/c1-25(14-6-16-26-15-5-13-24-26)22(27)17-21(18-7-3-2-4-8-18)19-9-11-20(23)12-10-19/h2-5,7-13,15,21H,6,14,16-17H2,1H3. The van der Waals surface area contributed by atoms with E-state index in [9.17, 15) is 4.79 Å². The van der Waals surface area contributed by atoms with Crippen LogP contribution in [0, 0.1) is 0 Å². The van der Waals surface area contributed by atoms with Gasteiger partial charge in [-0.1, -0.05) is 54.1 Å². The minimum absolute atomic E-state index is 0.0181. The first-order valence-corrected chi connectivity index (χ1v) is 9.53. The van der Waals surface area contributed by atoms with E-state index >= 15 is 0 Å². The summed E-state index contributed by atoms with van der Waals surface area (Å²) < 4.78 is 1.89. The molecule has 0 N–H and O–H groups in total. The van der Waals surface area contributed by atoms with E-state index in [-0.39, 0.29) is 11.8 Å². The smallest absolute Gasteiger partial charge is 0.223 e. The molecule has 1 unspecified atom stereocenters. The molecule has 3 rings (SSSR count). The molecule has 0 saturated carbocycles. The van der Waals surface area contributed by atoms with Crippen molar-refractivity contribution in [3.05, 3.63) is 89.2 Å². The number of halogens is 1. The van der Waals surface area contributed by atoms with Crippen molar-refractivity contribution in [1.29, 1.82) is 0 Å². The average molecular weight is 382 g/mol. The molecule has 0 spiro atoms. The highest BCUT2D eigenvalue weighted by Crippen LogP contribution is 2.29. The maximum absolute atomic E-state index is 12.8. The molecular weight excluding hydrogens is 358 g/mol. The van der Waals surface area contributed by atoms with E-state index in [1.807, 2.05) is 71.4 Å². The predicted molar refractivity (Wildman–Crippen MR) is 109 cm³/mol. The lowest BCUT2D eigenvalue weighted by Crippen LogP contribution is -2.29. The molecule has 27 heavy (non-hydrogen) atoms. The summed E-state index contributed by atoms with van der Waals surface area (Å²) >= 11 is 6.04. The van der Waals surface area contributed by atoms with Gasteiger partial charge in [0.05, 0.1) is 0 Å². The lowest BCUT2D eigenvalue weighted by molar-refractivity contribution is -0.130. The van der Waals surface area contributed by atoms with Gasteiger partial charge >= 0.3 is 0 Å². The first kappa shape index (κ1) is 19.2. The highest BCUT2D eigenvalue weighted by atomic mass is 35.5. The molecule has 140 valence electrons. The summed E-state index contributed by atoms with van der Waals surface area (Å²) in [5.41, 5.74) is 2.24. The van der Waals surface area contributed by atoms with Crippen LogP contribution >= 0.6 is 11.6 Å². The SMILES string of the molecule is CN(CCCn1cccn1)C(=O)CC(c1ccccc1)c1ccc(Cl)cc1. The fourth-order valence-corrected chi connectivity index (χ4v) is 3.29. The molecular formula is C22H24ClN3O. The van der Waals surface area contributed by atoms with Gasteiger partial charge in [0.15, 0.2) is 0 Å². The zero-order chi connectivity index (χ0) is 19.1. The van der Waals surface area contributed by atoms with Crippen LogP contribution in [0.15, 0.2) is 73.1 Å². The van der Waals surface area contributed by atoms with Crippen molar-refractivity contribution in [1.82, 2.24) is 14.7 Å². The maximum Gasteiger partial charge on any atom is 0.223 e. The van der Waals surface area contributed by atoms with Gasteiger partial charge in [-0.3, -0.25) is 9.48 Å². The van der Waals surface area contributed by atoms with Crippen molar-refractivity contribution in [3.8, 4) is 0 Å². The normalized spacial score (nSPS) is 11.9. The number of carbonyl (C=O) groups excluding carboxylic acids is 1. The highest BCUT2D eigenvalue weighted by molar-refractivity contribution is 6.30. The van der Waals surface area contributed by atoms with Crippen LogP contribution in [0.3, 0.4) is 0 Å². The van der Waals surface area contributed by atoms with Crippen molar-refractivity contribution in [2.45, 2.75) is 25.3 Å². The molecule has 0 fully saturated rings. The molecule has 0 radical (unpaired) electrons. The Labute approximate surface area is 165 Å². The second kappa shape index (κ2) is 9.38. The van der Waals surface area contributed by atoms with Crippen molar-refractivity contribution >= 4 is 17.5 Å². The number of rotatable bonds is 8. The highest BCUT2D eigenvalue weighted by Gasteiger charge is 2.20. The van der Waals surface area contributed by atoms with E-state index in [1.54, 1.807) is 6.20 Å². The van der Waals surface area contributed by atoms with Gasteiger partial charge < -0.3 is 4.90 Å². The summed E-state index contributed by atoms with van der Waals surface area (Å²) in [5, 5.41) is 4.90. The van der Waals surface area contributed by atoms with Crippen LogP contribution in [-0.2, 0) is 11.3 Å². The van der Waals surface area contributed by atoms with Crippen molar-refractivity contribution in [2.24, 2.45) is 0 Å². The number of carbonyl (C=O) groups is 1. The Morgan fingerprint density at radius 3 is 2.44 bits per heavy atom. The molecule has 4 nitrogen and oxygen atoms in total. The summed E-state index contributed by atoms with van der Waals surface area (Å²) in [7, 11) is 1.87. The fourth-order valence-electron chi connectivity index (χ4n) is 3.17. The number of aryl methyl sites for hydroxylation is 1. The van der Waals surface area contributed by atoms with Gasteiger partial charge in [-0.25, -0.2) is 0 Å². The van der Waals surface area contributed by atoms with Crippen LogP contribution in [0.4, 0.5) is 0 Å². The molecule has 1 atom stereocenters. The van der Waals surface area contributed by atoms with Gasteiger partial charge in [0.2, 0.25) is 5.91 Å². The van der Waals surface area contributed by atoms with Crippen molar-refractivity contribution in [2.75, 3.05) is 13.6 Å². The van der Waals surface area contributed by atoms with Crippen molar-refractivity contribution < 1.29 is 4.79 Å². The number of amides is 1. The van der Waals surface area contributed by atoms with Gasteiger partial charge in [0.1, 0.15) is 0 Å². The minimum atomic E-state index is 0.0181. The van der Waals surface area contributed by atoms with E-state index in [0.29, 0.717) is 18.0 Å². The lowest BCUT2D eigenvalue weighted by Gasteiger charge is -2.22. The third-order valence-corrected chi connectivity index (χ3v) is 4.97. The Morgan fingerprint density at radius 2 is 1.78 bits per heavy atom. The first-order valence-electron chi connectivity index (χ1n) is 9.15. The van der Waals surface area contributed by atoms with Crippen molar-refractivity contribution in [3.63, 3.8) is 0 Å². The second-order valence-corrected chi connectivity index (χ2v) is 7.09. The van der Waals surface area contributed by atoms with E-state index in [2.05, 4.69) is 17.2 Å². The minimum Gasteiger partial charge on any atom is -0.346 e. The summed E-state index contributed by atoms with van der Waals surface area (Å²) in [4.78, 5) is 14.7. The molecule has 0 bridgehead atoms. The molecule has 0 aliphatic heterocycles. The molecule has 3 aromatic rings. The van der Waals surface area contributed by atoms with Crippen LogP contribution in [0.2, 0.25) is 5.02 Å². The van der Waals surface area contributed by atoms with Crippen LogP contribution < -0.4 is 0 Å². The van der Waals surface area contributed by atoms with E-state index < -0.39 is 0 Å². The van der Waals surface area contributed by atoms with Gasteiger partial charge in [0, 0.05) is 49.9 Å². The average Bonchev–Trinajstić information content (AvgIpc) is 3.21. The number of benzene rings is 2. The summed E-state index contributed by atoms with van der Waals surface area (Å²) in [6.45, 7) is 1.52. The van der Waals surface area contributed by atoms with Crippen LogP contribution in [0.5, 0.6) is 0 Å². The molecule has 1 aromatic heterocycles. The van der Waals surface area contributed by atoms with Crippen LogP contribution in [-0.4, -0.2) is 34.2 Å². The molecule has 1 heterocycles.